The van der Waals surface area contributed by atoms with Gasteiger partial charge in [-0.3, -0.25) is 24.5 Å². The number of carbonyl (C=O) groups is 2. The predicted molar refractivity (Wildman–Crippen MR) is 97.6 cm³/mol. The van der Waals surface area contributed by atoms with Crippen molar-refractivity contribution < 1.29 is 9.59 Å². The summed E-state index contributed by atoms with van der Waals surface area (Å²) in [7, 11) is 3.45. The van der Waals surface area contributed by atoms with Crippen molar-refractivity contribution in [1.82, 2.24) is 25.0 Å². The summed E-state index contributed by atoms with van der Waals surface area (Å²) in [6, 6.07) is 7.48. The number of likely N-dealkylation sites (tertiary alicyclic amines) is 1. The number of amides is 2. The first kappa shape index (κ1) is 18.1. The number of hydrogen-bond donors (Lipinski definition) is 2. The molecule has 8 nitrogen and oxygen atoms in total. The smallest absolute Gasteiger partial charge is 0.258 e. The van der Waals surface area contributed by atoms with Gasteiger partial charge in [0, 0.05) is 32.7 Å². The van der Waals surface area contributed by atoms with Crippen LogP contribution in [0.2, 0.25) is 0 Å². The van der Waals surface area contributed by atoms with Crippen molar-refractivity contribution in [2.75, 3.05) is 25.5 Å². The zero-order chi connectivity index (χ0) is 18.7. The van der Waals surface area contributed by atoms with Crippen LogP contribution in [0.15, 0.2) is 24.3 Å². The maximum absolute atomic E-state index is 12.3. The van der Waals surface area contributed by atoms with Crippen molar-refractivity contribution in [1.29, 1.82) is 0 Å². The van der Waals surface area contributed by atoms with E-state index >= 15 is 0 Å². The van der Waals surface area contributed by atoms with Gasteiger partial charge in [-0.25, -0.2) is 0 Å². The van der Waals surface area contributed by atoms with E-state index in [2.05, 4.69) is 25.6 Å². The zero-order valence-corrected chi connectivity index (χ0v) is 15.3. The molecule has 0 aliphatic carbocycles. The first-order valence-corrected chi connectivity index (χ1v) is 8.68. The second kappa shape index (κ2) is 7.65. The summed E-state index contributed by atoms with van der Waals surface area (Å²) in [4.78, 5) is 30.4. The Labute approximate surface area is 152 Å². The van der Waals surface area contributed by atoms with Crippen LogP contribution in [0.5, 0.6) is 0 Å². The van der Waals surface area contributed by atoms with E-state index in [1.165, 1.54) is 0 Å². The van der Waals surface area contributed by atoms with Gasteiger partial charge in [-0.15, -0.1) is 5.10 Å². The first-order valence-electron chi connectivity index (χ1n) is 8.68. The maximum Gasteiger partial charge on any atom is 0.258 e. The third kappa shape index (κ3) is 4.08. The van der Waals surface area contributed by atoms with Crippen LogP contribution in [0.4, 0.5) is 5.95 Å². The molecular weight excluding hydrogens is 332 g/mol. The molecule has 1 aliphatic rings. The Hall–Kier alpha value is -2.74. The van der Waals surface area contributed by atoms with Crippen molar-refractivity contribution >= 4 is 17.8 Å². The average molecular weight is 356 g/mol. The Balaban J connectivity index is 1.56. The van der Waals surface area contributed by atoms with Crippen LogP contribution in [0.3, 0.4) is 0 Å². The number of anilines is 1. The molecule has 0 radical (unpaired) electrons. The summed E-state index contributed by atoms with van der Waals surface area (Å²) in [5, 5.41) is 9.54. The molecule has 0 saturated carbocycles. The van der Waals surface area contributed by atoms with E-state index in [4.69, 9.17) is 0 Å². The van der Waals surface area contributed by atoms with Crippen LogP contribution in [-0.2, 0) is 18.4 Å². The fraction of sp³-hybridized carbons (Fsp3) is 0.444. The monoisotopic (exact) mass is 356 g/mol. The quantitative estimate of drug-likeness (QED) is 0.832. The molecule has 3 rings (SSSR count). The molecule has 2 amide bonds. The summed E-state index contributed by atoms with van der Waals surface area (Å²) in [6.07, 6.45) is 0.886. The van der Waals surface area contributed by atoms with Crippen LogP contribution >= 0.6 is 0 Å². The number of benzene rings is 1. The van der Waals surface area contributed by atoms with Crippen molar-refractivity contribution in [2.24, 2.45) is 13.0 Å². The number of hydrogen-bond acceptors (Lipinski definition) is 5. The second-order valence-electron chi connectivity index (χ2n) is 6.59. The van der Waals surface area contributed by atoms with Crippen LogP contribution in [0.1, 0.15) is 28.2 Å². The first-order chi connectivity index (χ1) is 12.5. The fourth-order valence-electron chi connectivity index (χ4n) is 3.10. The van der Waals surface area contributed by atoms with E-state index < -0.39 is 0 Å². The minimum Gasteiger partial charge on any atom is -0.359 e. The highest BCUT2D eigenvalue weighted by molar-refractivity contribution is 6.03. The zero-order valence-electron chi connectivity index (χ0n) is 15.3. The second-order valence-corrected chi connectivity index (χ2v) is 6.59. The van der Waals surface area contributed by atoms with E-state index in [-0.39, 0.29) is 17.7 Å². The Morgan fingerprint density at radius 3 is 2.62 bits per heavy atom. The highest BCUT2D eigenvalue weighted by Crippen LogP contribution is 2.19. The Bertz CT molecular complexity index is 779. The van der Waals surface area contributed by atoms with Crippen molar-refractivity contribution in [3.8, 4) is 0 Å². The highest BCUT2D eigenvalue weighted by atomic mass is 16.2. The highest BCUT2D eigenvalue weighted by Gasteiger charge is 2.27. The van der Waals surface area contributed by atoms with E-state index in [1.807, 2.05) is 19.1 Å². The van der Waals surface area contributed by atoms with Gasteiger partial charge in [-0.05, 0) is 37.6 Å². The molecule has 2 aromatic rings. The van der Waals surface area contributed by atoms with E-state index in [9.17, 15) is 9.59 Å². The van der Waals surface area contributed by atoms with Gasteiger partial charge in [0.25, 0.3) is 5.91 Å². The number of nitrogens with one attached hydrogen (secondary N) is 2. The normalized spacial score (nSPS) is 17.3. The summed E-state index contributed by atoms with van der Waals surface area (Å²) in [5.74, 6) is 0.980. The number of carbonyl (C=O) groups excluding carboxylic acids is 2. The lowest BCUT2D eigenvalue weighted by Gasteiger charge is -2.16. The van der Waals surface area contributed by atoms with Gasteiger partial charge >= 0.3 is 0 Å². The lowest BCUT2D eigenvalue weighted by molar-refractivity contribution is -0.124. The van der Waals surface area contributed by atoms with Gasteiger partial charge in [0.05, 0.1) is 5.92 Å². The molecule has 1 saturated heterocycles. The van der Waals surface area contributed by atoms with Crippen LogP contribution in [0, 0.1) is 12.8 Å². The summed E-state index contributed by atoms with van der Waals surface area (Å²) >= 11 is 0. The van der Waals surface area contributed by atoms with Gasteiger partial charge in [0.1, 0.15) is 5.82 Å². The third-order valence-corrected chi connectivity index (χ3v) is 4.72. The average Bonchev–Trinajstić information content (AvgIpc) is 3.21. The van der Waals surface area contributed by atoms with Crippen LogP contribution in [0.25, 0.3) is 0 Å². The number of nitrogens with zero attached hydrogens (tertiary/aromatic N) is 4. The lowest BCUT2D eigenvalue weighted by Crippen LogP contribution is -2.30. The predicted octanol–water partition coefficient (Wildman–Crippen LogP) is 0.944. The topological polar surface area (TPSA) is 92.2 Å². The minimum absolute atomic E-state index is 0.0689. The summed E-state index contributed by atoms with van der Waals surface area (Å²) in [6.45, 7) is 4.28. The Morgan fingerprint density at radius 2 is 2.00 bits per heavy atom. The molecule has 1 aromatic heterocycles. The van der Waals surface area contributed by atoms with E-state index in [0.29, 0.717) is 11.5 Å². The summed E-state index contributed by atoms with van der Waals surface area (Å²) in [5.41, 5.74) is 1.68. The molecule has 26 heavy (non-hydrogen) atoms. The number of aromatic nitrogens is 3. The van der Waals surface area contributed by atoms with Crippen LogP contribution < -0.4 is 10.6 Å². The van der Waals surface area contributed by atoms with Crippen molar-refractivity contribution in [3.05, 3.63) is 41.2 Å². The third-order valence-electron chi connectivity index (χ3n) is 4.72. The molecule has 1 fully saturated rings. The van der Waals surface area contributed by atoms with Gasteiger partial charge in [-0.2, -0.15) is 4.98 Å². The molecule has 1 unspecified atom stereocenters. The number of rotatable bonds is 5. The largest absolute Gasteiger partial charge is 0.359 e. The molecule has 0 spiro atoms. The van der Waals surface area contributed by atoms with E-state index in [0.717, 1.165) is 37.4 Å². The van der Waals surface area contributed by atoms with Gasteiger partial charge in [0.2, 0.25) is 11.9 Å². The minimum atomic E-state index is -0.233. The van der Waals surface area contributed by atoms with Crippen LogP contribution in [-0.4, -0.2) is 51.6 Å². The van der Waals surface area contributed by atoms with Crippen molar-refractivity contribution in [2.45, 2.75) is 19.9 Å². The molecule has 1 aromatic carbocycles. The molecule has 2 heterocycles. The molecule has 0 bridgehead atoms. The van der Waals surface area contributed by atoms with Crippen molar-refractivity contribution in [3.63, 3.8) is 0 Å². The molecule has 2 N–H and O–H groups in total. The molecule has 1 aliphatic heterocycles. The lowest BCUT2D eigenvalue weighted by atomic mass is 10.1. The summed E-state index contributed by atoms with van der Waals surface area (Å²) < 4.78 is 1.61. The SMILES string of the molecule is CNC(=O)C1CCN(Cc2ccc(C(=O)Nc3nc(C)n(C)n3)cc2)C1. The molecule has 1 atom stereocenters. The van der Waals surface area contributed by atoms with Gasteiger partial charge < -0.3 is 5.32 Å². The maximum atomic E-state index is 12.3. The van der Waals surface area contributed by atoms with Gasteiger partial charge in [-0.1, -0.05) is 12.1 Å². The Kier molecular flexibility index (Phi) is 5.32. The molecule has 138 valence electrons. The van der Waals surface area contributed by atoms with Gasteiger partial charge in [0.15, 0.2) is 0 Å². The number of aryl methyl sites for hydroxylation is 2. The van der Waals surface area contributed by atoms with E-state index in [1.54, 1.807) is 30.9 Å². The molecular formula is C18H24N6O2. The fourth-order valence-corrected chi connectivity index (χ4v) is 3.10. The standard InChI is InChI=1S/C18H24N6O2/c1-12-20-18(22-23(12)3)21-17(26)14-6-4-13(5-7-14)10-24-9-8-15(11-24)16(25)19-2/h4-7,15H,8-11H2,1-3H3,(H,19,25)(H,21,22,26). The Morgan fingerprint density at radius 1 is 1.27 bits per heavy atom. The molecule has 8 heteroatoms.